The summed E-state index contributed by atoms with van der Waals surface area (Å²) in [7, 11) is 0. The van der Waals surface area contributed by atoms with Crippen LogP contribution >= 0.6 is 0 Å². The SMILES string of the molecule is CC(C)n1ccc(COc2ccc(CNC3CC3)cc2)n1. The number of aromatic nitrogens is 2. The van der Waals surface area contributed by atoms with Crippen molar-refractivity contribution in [2.45, 2.75) is 51.9 Å². The molecule has 0 saturated heterocycles. The van der Waals surface area contributed by atoms with Gasteiger partial charge in [0.25, 0.3) is 0 Å². The fourth-order valence-electron chi connectivity index (χ4n) is 2.15. The Morgan fingerprint density at radius 2 is 2.00 bits per heavy atom. The topological polar surface area (TPSA) is 39.1 Å². The van der Waals surface area contributed by atoms with Crippen LogP contribution in [0.4, 0.5) is 0 Å². The molecule has 1 saturated carbocycles. The number of hydrogen-bond donors (Lipinski definition) is 1. The molecule has 1 heterocycles. The number of benzene rings is 1. The molecule has 1 N–H and O–H groups in total. The Kier molecular flexibility index (Phi) is 4.25. The molecule has 112 valence electrons. The Hall–Kier alpha value is -1.81. The minimum absolute atomic E-state index is 0.386. The van der Waals surface area contributed by atoms with Gasteiger partial charge < -0.3 is 10.1 Å². The van der Waals surface area contributed by atoms with E-state index in [9.17, 15) is 0 Å². The van der Waals surface area contributed by atoms with Crippen LogP contribution in [0.5, 0.6) is 5.75 Å². The molecule has 0 aliphatic heterocycles. The molecule has 2 aromatic rings. The maximum atomic E-state index is 5.78. The molecular weight excluding hydrogens is 262 g/mol. The zero-order chi connectivity index (χ0) is 14.7. The van der Waals surface area contributed by atoms with Crippen molar-refractivity contribution < 1.29 is 4.74 Å². The average Bonchev–Trinajstić information content (AvgIpc) is 3.19. The van der Waals surface area contributed by atoms with Gasteiger partial charge in [-0.25, -0.2) is 0 Å². The van der Waals surface area contributed by atoms with Crippen LogP contribution in [0.2, 0.25) is 0 Å². The van der Waals surface area contributed by atoms with E-state index in [0.717, 1.165) is 24.0 Å². The van der Waals surface area contributed by atoms with Gasteiger partial charge in [0.1, 0.15) is 12.4 Å². The van der Waals surface area contributed by atoms with Gasteiger partial charge in [-0.05, 0) is 50.5 Å². The van der Waals surface area contributed by atoms with Gasteiger partial charge in [0.2, 0.25) is 0 Å². The second-order valence-electron chi connectivity index (χ2n) is 5.97. The third-order valence-corrected chi connectivity index (χ3v) is 3.67. The zero-order valence-corrected chi connectivity index (χ0v) is 12.7. The Morgan fingerprint density at radius 3 is 2.62 bits per heavy atom. The molecular formula is C17H23N3O. The summed E-state index contributed by atoms with van der Waals surface area (Å²) in [6.07, 6.45) is 4.64. The monoisotopic (exact) mass is 285 g/mol. The van der Waals surface area contributed by atoms with E-state index in [1.807, 2.05) is 29.1 Å². The van der Waals surface area contributed by atoms with Crippen molar-refractivity contribution in [2.24, 2.45) is 0 Å². The number of hydrogen-bond acceptors (Lipinski definition) is 3. The molecule has 0 amide bonds. The highest BCUT2D eigenvalue weighted by atomic mass is 16.5. The summed E-state index contributed by atoms with van der Waals surface area (Å²) < 4.78 is 7.73. The van der Waals surface area contributed by atoms with E-state index < -0.39 is 0 Å². The van der Waals surface area contributed by atoms with Crippen LogP contribution in [-0.4, -0.2) is 15.8 Å². The van der Waals surface area contributed by atoms with Crippen LogP contribution < -0.4 is 10.1 Å². The van der Waals surface area contributed by atoms with Crippen molar-refractivity contribution in [3.63, 3.8) is 0 Å². The highest BCUT2D eigenvalue weighted by Gasteiger charge is 2.19. The van der Waals surface area contributed by atoms with Gasteiger partial charge in [-0.1, -0.05) is 12.1 Å². The first-order chi connectivity index (χ1) is 10.2. The molecule has 1 aliphatic carbocycles. The van der Waals surface area contributed by atoms with Crippen LogP contribution in [0, 0.1) is 0 Å². The highest BCUT2D eigenvalue weighted by molar-refractivity contribution is 5.27. The summed E-state index contributed by atoms with van der Waals surface area (Å²) in [4.78, 5) is 0. The standard InChI is InChI=1S/C17H23N3O/c1-13(2)20-10-9-16(19-20)12-21-17-7-3-14(4-8-17)11-18-15-5-6-15/h3-4,7-10,13,15,18H,5-6,11-12H2,1-2H3. The molecule has 0 bridgehead atoms. The molecule has 1 aliphatic rings. The Labute approximate surface area is 126 Å². The van der Waals surface area contributed by atoms with Crippen molar-refractivity contribution in [3.05, 3.63) is 47.8 Å². The van der Waals surface area contributed by atoms with Crippen LogP contribution in [0.15, 0.2) is 36.5 Å². The summed E-state index contributed by atoms with van der Waals surface area (Å²) in [5.74, 6) is 0.893. The van der Waals surface area contributed by atoms with Crippen molar-refractivity contribution in [1.82, 2.24) is 15.1 Å². The lowest BCUT2D eigenvalue weighted by Gasteiger charge is -2.07. The zero-order valence-electron chi connectivity index (χ0n) is 12.7. The quantitative estimate of drug-likeness (QED) is 0.848. The van der Waals surface area contributed by atoms with Crippen molar-refractivity contribution >= 4 is 0 Å². The Morgan fingerprint density at radius 1 is 1.24 bits per heavy atom. The highest BCUT2D eigenvalue weighted by Crippen LogP contribution is 2.20. The fourth-order valence-corrected chi connectivity index (χ4v) is 2.15. The first kappa shape index (κ1) is 14.1. The average molecular weight is 285 g/mol. The molecule has 1 aromatic carbocycles. The number of rotatable bonds is 7. The fraction of sp³-hybridized carbons (Fsp3) is 0.471. The molecule has 0 spiro atoms. The number of ether oxygens (including phenoxy) is 1. The van der Waals surface area contributed by atoms with Gasteiger partial charge in [-0.3, -0.25) is 4.68 Å². The maximum absolute atomic E-state index is 5.78. The normalized spacial score (nSPS) is 14.6. The Balaban J connectivity index is 1.49. The first-order valence-electron chi connectivity index (χ1n) is 7.70. The summed E-state index contributed by atoms with van der Waals surface area (Å²) in [5, 5.41) is 7.99. The largest absolute Gasteiger partial charge is 0.487 e. The van der Waals surface area contributed by atoms with Crippen molar-refractivity contribution in [2.75, 3.05) is 0 Å². The molecule has 0 radical (unpaired) electrons. The summed E-state index contributed by atoms with van der Waals surface area (Å²) in [5.41, 5.74) is 2.27. The molecule has 1 fully saturated rings. The molecule has 0 atom stereocenters. The van der Waals surface area contributed by atoms with Gasteiger partial charge in [0.15, 0.2) is 0 Å². The predicted molar refractivity (Wildman–Crippen MR) is 83.2 cm³/mol. The second-order valence-corrected chi connectivity index (χ2v) is 5.97. The molecule has 3 rings (SSSR count). The van der Waals surface area contributed by atoms with E-state index in [2.05, 4.69) is 36.4 Å². The summed E-state index contributed by atoms with van der Waals surface area (Å²) in [6.45, 7) is 5.70. The lowest BCUT2D eigenvalue weighted by Crippen LogP contribution is -2.15. The first-order valence-corrected chi connectivity index (χ1v) is 7.70. The molecule has 0 unspecified atom stereocenters. The van der Waals surface area contributed by atoms with Gasteiger partial charge >= 0.3 is 0 Å². The van der Waals surface area contributed by atoms with E-state index in [-0.39, 0.29) is 0 Å². The van der Waals surface area contributed by atoms with Crippen molar-refractivity contribution in [1.29, 1.82) is 0 Å². The molecule has 4 nitrogen and oxygen atoms in total. The minimum Gasteiger partial charge on any atom is -0.487 e. The van der Waals surface area contributed by atoms with Gasteiger partial charge in [0, 0.05) is 24.8 Å². The predicted octanol–water partition coefficient (Wildman–Crippen LogP) is 3.30. The minimum atomic E-state index is 0.386. The van der Waals surface area contributed by atoms with Crippen LogP contribution in [0.25, 0.3) is 0 Å². The van der Waals surface area contributed by atoms with Crippen molar-refractivity contribution in [3.8, 4) is 5.75 Å². The van der Waals surface area contributed by atoms with E-state index in [0.29, 0.717) is 12.6 Å². The Bertz CT molecular complexity index is 570. The van der Waals surface area contributed by atoms with Gasteiger partial charge in [-0.2, -0.15) is 5.10 Å². The molecule has 21 heavy (non-hydrogen) atoms. The lowest BCUT2D eigenvalue weighted by atomic mass is 10.2. The van der Waals surface area contributed by atoms with E-state index in [1.54, 1.807) is 0 Å². The summed E-state index contributed by atoms with van der Waals surface area (Å²) in [6, 6.07) is 11.4. The third kappa shape index (κ3) is 4.08. The lowest BCUT2D eigenvalue weighted by molar-refractivity contribution is 0.298. The number of nitrogens with zero attached hydrogens (tertiary/aromatic N) is 2. The maximum Gasteiger partial charge on any atom is 0.132 e. The molecule has 4 heteroatoms. The smallest absolute Gasteiger partial charge is 0.132 e. The van der Waals surface area contributed by atoms with Gasteiger partial charge in [0.05, 0.1) is 5.69 Å². The van der Waals surface area contributed by atoms with Gasteiger partial charge in [-0.15, -0.1) is 0 Å². The summed E-state index contributed by atoms with van der Waals surface area (Å²) >= 11 is 0. The van der Waals surface area contributed by atoms with Crippen LogP contribution in [-0.2, 0) is 13.2 Å². The van der Waals surface area contributed by atoms with E-state index in [1.165, 1.54) is 18.4 Å². The van der Waals surface area contributed by atoms with Crippen LogP contribution in [0.1, 0.15) is 44.0 Å². The second kappa shape index (κ2) is 6.31. The van der Waals surface area contributed by atoms with E-state index >= 15 is 0 Å². The number of nitrogens with one attached hydrogen (secondary N) is 1. The van der Waals surface area contributed by atoms with Crippen LogP contribution in [0.3, 0.4) is 0 Å². The van der Waals surface area contributed by atoms with E-state index in [4.69, 9.17) is 4.74 Å². The molecule has 1 aromatic heterocycles. The third-order valence-electron chi connectivity index (χ3n) is 3.67.